The lowest BCUT2D eigenvalue weighted by Crippen LogP contribution is -2.43. The van der Waals surface area contributed by atoms with Gasteiger partial charge in [-0.05, 0) is 25.5 Å². The zero-order valence-electron chi connectivity index (χ0n) is 14.3. The highest BCUT2D eigenvalue weighted by Crippen LogP contribution is 2.39. The Labute approximate surface area is 152 Å². The van der Waals surface area contributed by atoms with E-state index in [0.29, 0.717) is 5.69 Å². The summed E-state index contributed by atoms with van der Waals surface area (Å²) in [6.45, 7) is 1.50. The van der Waals surface area contributed by atoms with Crippen LogP contribution in [0.2, 0.25) is 0 Å². The van der Waals surface area contributed by atoms with E-state index in [2.05, 4.69) is 15.2 Å². The van der Waals surface area contributed by atoms with Gasteiger partial charge in [-0.1, -0.05) is 18.2 Å². The molecule has 0 saturated carbocycles. The summed E-state index contributed by atoms with van der Waals surface area (Å²) in [5.74, 6) is -0.552. The molecule has 3 heterocycles. The van der Waals surface area contributed by atoms with Crippen LogP contribution < -0.4 is 4.90 Å². The lowest BCUT2D eigenvalue weighted by atomic mass is 10.1. The number of aromatic nitrogens is 5. The van der Waals surface area contributed by atoms with E-state index >= 15 is 0 Å². The second-order valence-corrected chi connectivity index (χ2v) is 6.24. The highest BCUT2D eigenvalue weighted by molar-refractivity contribution is 6.03. The Kier molecular flexibility index (Phi) is 3.97. The molecule has 10 heteroatoms. The quantitative estimate of drug-likeness (QED) is 0.690. The number of amides is 1. The number of hydrogen-bond acceptors (Lipinski definition) is 4. The first-order chi connectivity index (χ1) is 12.8. The maximum atomic E-state index is 13.3. The first kappa shape index (κ1) is 17.3. The van der Waals surface area contributed by atoms with Gasteiger partial charge in [0.05, 0.1) is 11.4 Å². The van der Waals surface area contributed by atoms with E-state index in [1.807, 2.05) is 18.2 Å². The molecule has 1 unspecified atom stereocenters. The maximum absolute atomic E-state index is 13.3. The zero-order chi connectivity index (χ0) is 19.2. The predicted molar refractivity (Wildman–Crippen MR) is 89.7 cm³/mol. The van der Waals surface area contributed by atoms with Crippen molar-refractivity contribution >= 4 is 11.7 Å². The average Bonchev–Trinajstić information content (AvgIpc) is 3.26. The van der Waals surface area contributed by atoms with Gasteiger partial charge in [-0.3, -0.25) is 9.69 Å². The van der Waals surface area contributed by atoms with Crippen LogP contribution in [-0.4, -0.2) is 43.2 Å². The Balaban J connectivity index is 1.66. The zero-order valence-corrected chi connectivity index (χ0v) is 14.3. The minimum absolute atomic E-state index is 0.0882. The summed E-state index contributed by atoms with van der Waals surface area (Å²) in [7, 11) is 0. The number of fused-ring (bicyclic) bond motifs is 1. The van der Waals surface area contributed by atoms with Crippen LogP contribution in [0, 0.1) is 6.92 Å². The van der Waals surface area contributed by atoms with Gasteiger partial charge in [0, 0.05) is 12.6 Å². The molecule has 4 rings (SSSR count). The van der Waals surface area contributed by atoms with Crippen molar-refractivity contribution in [2.75, 3.05) is 11.4 Å². The molecule has 1 aliphatic rings. The second kappa shape index (κ2) is 6.22. The minimum atomic E-state index is -4.44. The van der Waals surface area contributed by atoms with Crippen LogP contribution in [-0.2, 0) is 0 Å². The van der Waals surface area contributed by atoms with Gasteiger partial charge in [-0.2, -0.15) is 18.3 Å². The van der Waals surface area contributed by atoms with Crippen molar-refractivity contribution in [3.8, 4) is 5.69 Å². The topological polar surface area (TPSA) is 68.8 Å². The van der Waals surface area contributed by atoms with Gasteiger partial charge in [0.2, 0.25) is 5.82 Å². The van der Waals surface area contributed by atoms with Crippen LogP contribution in [0.3, 0.4) is 0 Å². The Morgan fingerprint density at radius 1 is 1.19 bits per heavy atom. The van der Waals surface area contributed by atoms with Crippen molar-refractivity contribution in [1.29, 1.82) is 0 Å². The molecule has 7 nitrogen and oxygen atoms in total. The van der Waals surface area contributed by atoms with Crippen molar-refractivity contribution in [1.82, 2.24) is 24.5 Å². The summed E-state index contributed by atoms with van der Waals surface area (Å²) in [5, 5.41) is 8.10. The van der Waals surface area contributed by atoms with E-state index < -0.39 is 18.1 Å². The van der Waals surface area contributed by atoms with Gasteiger partial charge in [0.15, 0.2) is 6.04 Å². The standard InChI is InChI=1S/C17H15F3N6O/c1-11-9-14-24(8-7-13(17(18,19)20)26(14)22-11)16(27)15-21-10-25(23-15)12-5-3-2-4-6-12/h2-6,9-10,13H,7-8H2,1H3. The molecule has 1 amide bonds. The fraction of sp³-hybridized carbons (Fsp3) is 0.294. The number of anilines is 1. The third-order valence-corrected chi connectivity index (χ3v) is 4.36. The van der Waals surface area contributed by atoms with Crippen LogP contribution in [0.4, 0.5) is 19.0 Å². The Morgan fingerprint density at radius 3 is 2.63 bits per heavy atom. The third kappa shape index (κ3) is 3.07. The monoisotopic (exact) mass is 376 g/mol. The normalized spacial score (nSPS) is 17.0. The van der Waals surface area contributed by atoms with Gasteiger partial charge < -0.3 is 0 Å². The number of carbonyl (C=O) groups is 1. The Morgan fingerprint density at radius 2 is 1.93 bits per heavy atom. The third-order valence-electron chi connectivity index (χ3n) is 4.36. The number of aryl methyl sites for hydroxylation is 1. The molecule has 0 radical (unpaired) electrons. The molecule has 0 N–H and O–H groups in total. The van der Waals surface area contributed by atoms with Gasteiger partial charge >= 0.3 is 6.18 Å². The van der Waals surface area contributed by atoms with E-state index in [1.165, 1.54) is 22.0 Å². The molecule has 1 atom stereocenters. The second-order valence-electron chi connectivity index (χ2n) is 6.24. The number of alkyl halides is 3. The molecule has 27 heavy (non-hydrogen) atoms. The molecule has 0 bridgehead atoms. The molecular weight excluding hydrogens is 361 g/mol. The fourth-order valence-corrected chi connectivity index (χ4v) is 3.12. The number of rotatable bonds is 2. The summed E-state index contributed by atoms with van der Waals surface area (Å²) in [4.78, 5) is 18.1. The predicted octanol–water partition coefficient (Wildman–Crippen LogP) is 2.93. The van der Waals surface area contributed by atoms with Gasteiger partial charge in [0.25, 0.3) is 5.91 Å². The average molecular weight is 376 g/mol. The molecular formula is C17H15F3N6O. The van der Waals surface area contributed by atoms with Crippen molar-refractivity contribution in [2.24, 2.45) is 0 Å². The highest BCUT2D eigenvalue weighted by atomic mass is 19.4. The molecule has 0 fully saturated rings. The number of carbonyl (C=O) groups excluding carboxylic acids is 1. The van der Waals surface area contributed by atoms with Crippen LogP contribution in [0.25, 0.3) is 5.69 Å². The van der Waals surface area contributed by atoms with Crippen molar-refractivity contribution in [3.63, 3.8) is 0 Å². The number of nitrogens with zero attached hydrogens (tertiary/aromatic N) is 6. The number of hydrogen-bond donors (Lipinski definition) is 0. The van der Waals surface area contributed by atoms with E-state index in [0.717, 1.165) is 10.4 Å². The van der Waals surface area contributed by atoms with Crippen LogP contribution in [0.1, 0.15) is 28.8 Å². The molecule has 2 aromatic heterocycles. The van der Waals surface area contributed by atoms with Gasteiger partial charge in [0.1, 0.15) is 12.1 Å². The van der Waals surface area contributed by atoms with E-state index in [1.54, 1.807) is 19.1 Å². The van der Waals surface area contributed by atoms with Gasteiger partial charge in [-0.25, -0.2) is 14.3 Å². The van der Waals surface area contributed by atoms with Crippen molar-refractivity contribution in [2.45, 2.75) is 25.6 Å². The van der Waals surface area contributed by atoms with Crippen molar-refractivity contribution in [3.05, 3.63) is 54.2 Å². The van der Waals surface area contributed by atoms with E-state index in [4.69, 9.17) is 0 Å². The lowest BCUT2D eigenvalue weighted by molar-refractivity contribution is -0.172. The molecule has 0 saturated heterocycles. The first-order valence-electron chi connectivity index (χ1n) is 8.26. The van der Waals surface area contributed by atoms with E-state index in [-0.39, 0.29) is 24.6 Å². The Bertz CT molecular complexity index is 978. The summed E-state index contributed by atoms with van der Waals surface area (Å²) < 4.78 is 42.1. The summed E-state index contributed by atoms with van der Waals surface area (Å²) in [6.07, 6.45) is -3.31. The maximum Gasteiger partial charge on any atom is 0.410 e. The molecule has 0 spiro atoms. The van der Waals surface area contributed by atoms with E-state index in [9.17, 15) is 18.0 Å². The van der Waals surface area contributed by atoms with Gasteiger partial charge in [-0.15, -0.1) is 5.10 Å². The summed E-state index contributed by atoms with van der Waals surface area (Å²) in [5.41, 5.74) is 1.13. The molecule has 0 aliphatic carbocycles. The largest absolute Gasteiger partial charge is 0.410 e. The highest BCUT2D eigenvalue weighted by Gasteiger charge is 2.46. The Hall–Kier alpha value is -3.17. The van der Waals surface area contributed by atoms with Crippen LogP contribution >= 0.6 is 0 Å². The SMILES string of the molecule is Cc1cc2n(n1)C(C(F)(F)F)CCN2C(=O)c1ncn(-c2ccccc2)n1. The molecule has 1 aromatic carbocycles. The van der Waals surface area contributed by atoms with Crippen molar-refractivity contribution < 1.29 is 18.0 Å². The molecule has 3 aromatic rings. The smallest absolute Gasteiger partial charge is 0.290 e. The summed E-state index contributed by atoms with van der Waals surface area (Å²) in [6, 6.07) is 8.81. The minimum Gasteiger partial charge on any atom is -0.290 e. The molecule has 1 aliphatic heterocycles. The fourth-order valence-electron chi connectivity index (χ4n) is 3.12. The first-order valence-corrected chi connectivity index (χ1v) is 8.26. The summed E-state index contributed by atoms with van der Waals surface area (Å²) >= 11 is 0. The van der Waals surface area contributed by atoms with Crippen LogP contribution in [0.15, 0.2) is 42.7 Å². The number of halogens is 3. The number of benzene rings is 1. The lowest BCUT2D eigenvalue weighted by Gasteiger charge is -2.33. The van der Waals surface area contributed by atoms with Crippen LogP contribution in [0.5, 0.6) is 0 Å². The number of para-hydroxylation sites is 1. The molecule has 140 valence electrons.